The predicted octanol–water partition coefficient (Wildman–Crippen LogP) is 3.42. The van der Waals surface area contributed by atoms with Gasteiger partial charge in [0, 0.05) is 13.1 Å². The number of fused-ring (bicyclic) bond motifs is 3. The second-order valence-corrected chi connectivity index (χ2v) is 6.15. The van der Waals surface area contributed by atoms with Crippen LogP contribution in [0.5, 0.6) is 0 Å². The third-order valence-electron chi connectivity index (χ3n) is 4.70. The first-order valence-electron chi connectivity index (χ1n) is 8.08. The van der Waals surface area contributed by atoms with Crippen molar-refractivity contribution in [3.05, 3.63) is 53.6 Å². The Bertz CT molecular complexity index is 701. The summed E-state index contributed by atoms with van der Waals surface area (Å²) in [4.78, 5) is 12.6. The van der Waals surface area contributed by atoms with E-state index in [1.54, 1.807) is 0 Å². The molecule has 0 aromatic rings. The van der Waals surface area contributed by atoms with Crippen molar-refractivity contribution in [3.8, 4) is 11.1 Å². The molecule has 1 saturated heterocycles. The molecule has 4 aliphatic rings. The van der Waals surface area contributed by atoms with Crippen molar-refractivity contribution in [3.63, 3.8) is 0 Å². The van der Waals surface area contributed by atoms with Crippen molar-refractivity contribution in [1.29, 1.82) is 0 Å². The Hall–Kier alpha value is -2.13. The quantitative estimate of drug-likeness (QED) is 0.920. The molecule has 3 aliphatic carbocycles. The minimum atomic E-state index is -0.178. The molecule has 4 rings (SSSR count). The van der Waals surface area contributed by atoms with E-state index in [1.165, 1.54) is 36.0 Å². The maximum absolute atomic E-state index is 12.6. The van der Waals surface area contributed by atoms with Crippen molar-refractivity contribution in [1.82, 2.24) is 10.4 Å². The van der Waals surface area contributed by atoms with Crippen LogP contribution in [0.25, 0.3) is 17.2 Å². The van der Waals surface area contributed by atoms with E-state index < -0.39 is 0 Å². The molecule has 1 atom stereocenters. The average Bonchev–Trinajstić information content (AvgIpc) is 3.12. The van der Waals surface area contributed by atoms with Gasteiger partial charge in [-0.3, -0.25) is 10.2 Å². The summed E-state index contributed by atoms with van der Waals surface area (Å²) in [5.74, 6) is -0.0924. The highest BCUT2D eigenvalue weighted by Crippen LogP contribution is 2.37. The second-order valence-electron chi connectivity index (χ2n) is 6.15. The molecule has 0 radical (unpaired) electrons. The van der Waals surface area contributed by atoms with Gasteiger partial charge in [0.25, 0.3) is 0 Å². The van der Waals surface area contributed by atoms with Crippen LogP contribution in [0.15, 0.2) is 42.5 Å². The minimum Gasteiger partial charge on any atom is -0.288 e. The van der Waals surface area contributed by atoms with E-state index in [4.69, 9.17) is 0 Å². The van der Waals surface area contributed by atoms with Crippen molar-refractivity contribution in [2.24, 2.45) is 0 Å². The molecule has 0 bridgehead atoms. The maximum atomic E-state index is 12.6. The molecule has 3 nitrogen and oxygen atoms in total. The smallest absolute Gasteiger partial charge is 0.245 e. The summed E-state index contributed by atoms with van der Waals surface area (Å²) in [7, 11) is 0. The number of hydrogen-bond donors (Lipinski definition) is 1. The van der Waals surface area contributed by atoms with Crippen LogP contribution in [0.4, 0.5) is 0 Å². The van der Waals surface area contributed by atoms with E-state index in [2.05, 4.69) is 52.9 Å². The monoisotopic (exact) mass is 292 g/mol. The number of carbonyl (C=O) groups is 1. The van der Waals surface area contributed by atoms with E-state index in [-0.39, 0.29) is 11.8 Å². The fourth-order valence-corrected chi connectivity index (χ4v) is 3.54. The van der Waals surface area contributed by atoms with Gasteiger partial charge in [0.2, 0.25) is 5.91 Å². The van der Waals surface area contributed by atoms with Gasteiger partial charge in [0.05, 0.1) is 5.92 Å². The van der Waals surface area contributed by atoms with Crippen LogP contribution in [0.1, 0.15) is 36.3 Å². The molecule has 1 amide bonds. The number of piperidine rings is 1. The molecular weight excluding hydrogens is 272 g/mol. The molecule has 1 heterocycles. The standard InChI is InChI=1S/C19H20N2O/c22-19(20-21-12-2-1-3-13-21)18-11-10-17-15-8-4-6-14(15)7-5-9-16(17)18/h4-11,18H,1-3,12-13H2,(H,20,22). The van der Waals surface area contributed by atoms with E-state index in [1.807, 2.05) is 6.08 Å². The predicted molar refractivity (Wildman–Crippen MR) is 88.4 cm³/mol. The van der Waals surface area contributed by atoms with Crippen molar-refractivity contribution < 1.29 is 4.79 Å². The zero-order valence-corrected chi connectivity index (χ0v) is 12.6. The lowest BCUT2D eigenvalue weighted by molar-refractivity contribution is -0.126. The Morgan fingerprint density at radius 3 is 2.64 bits per heavy atom. The van der Waals surface area contributed by atoms with Crippen LogP contribution >= 0.6 is 0 Å². The Morgan fingerprint density at radius 1 is 1.05 bits per heavy atom. The van der Waals surface area contributed by atoms with Crippen molar-refractivity contribution in [2.75, 3.05) is 13.1 Å². The summed E-state index contributed by atoms with van der Waals surface area (Å²) in [6.45, 7) is 1.93. The Morgan fingerprint density at radius 2 is 1.82 bits per heavy atom. The third kappa shape index (κ3) is 2.32. The summed E-state index contributed by atoms with van der Waals surface area (Å²) < 4.78 is 0. The molecule has 3 heteroatoms. The van der Waals surface area contributed by atoms with Gasteiger partial charge in [-0.1, -0.05) is 55.0 Å². The maximum Gasteiger partial charge on any atom is 0.245 e. The number of amides is 1. The first-order chi connectivity index (χ1) is 10.8. The molecule has 1 fully saturated rings. The lowest BCUT2D eigenvalue weighted by Crippen LogP contribution is -2.46. The SMILES string of the molecule is O=C(NN1CCCCC1)C1C=Cc2c3cccc-3cccc21. The molecule has 1 aliphatic heterocycles. The molecule has 0 saturated carbocycles. The molecule has 22 heavy (non-hydrogen) atoms. The summed E-state index contributed by atoms with van der Waals surface area (Å²) in [5.41, 5.74) is 7.84. The molecular formula is C19H20N2O. The largest absolute Gasteiger partial charge is 0.288 e. The van der Waals surface area contributed by atoms with Crippen LogP contribution in [0.3, 0.4) is 0 Å². The van der Waals surface area contributed by atoms with E-state index in [9.17, 15) is 4.79 Å². The van der Waals surface area contributed by atoms with Gasteiger partial charge in [-0.05, 0) is 35.1 Å². The highest BCUT2D eigenvalue weighted by Gasteiger charge is 2.27. The van der Waals surface area contributed by atoms with Crippen LogP contribution < -0.4 is 5.43 Å². The van der Waals surface area contributed by atoms with Gasteiger partial charge in [-0.15, -0.1) is 0 Å². The Balaban J connectivity index is 1.60. The summed E-state index contributed by atoms with van der Waals surface area (Å²) >= 11 is 0. The fourth-order valence-electron chi connectivity index (χ4n) is 3.54. The molecule has 1 N–H and O–H groups in total. The molecule has 1 unspecified atom stereocenters. The highest BCUT2D eigenvalue weighted by atomic mass is 16.2. The number of hydrogen-bond acceptors (Lipinski definition) is 2. The van der Waals surface area contributed by atoms with Crippen molar-refractivity contribution >= 4 is 12.0 Å². The van der Waals surface area contributed by atoms with Gasteiger partial charge in [0.15, 0.2) is 0 Å². The second kappa shape index (κ2) is 5.58. The zero-order valence-electron chi connectivity index (χ0n) is 12.6. The van der Waals surface area contributed by atoms with E-state index >= 15 is 0 Å². The van der Waals surface area contributed by atoms with Crippen LogP contribution in [-0.4, -0.2) is 24.0 Å². The number of hydrazine groups is 1. The van der Waals surface area contributed by atoms with Gasteiger partial charge in [0.1, 0.15) is 0 Å². The lowest BCUT2D eigenvalue weighted by atomic mass is 9.99. The molecule has 0 aromatic heterocycles. The number of carbonyl (C=O) groups excluding carboxylic acids is 1. The first kappa shape index (κ1) is 13.5. The first-order valence-corrected chi connectivity index (χ1v) is 8.08. The van der Waals surface area contributed by atoms with Gasteiger partial charge in [-0.25, -0.2) is 5.01 Å². The van der Waals surface area contributed by atoms with Crippen LogP contribution in [0.2, 0.25) is 0 Å². The van der Waals surface area contributed by atoms with Gasteiger partial charge >= 0.3 is 0 Å². The van der Waals surface area contributed by atoms with Crippen LogP contribution in [0, 0.1) is 0 Å². The highest BCUT2D eigenvalue weighted by molar-refractivity contribution is 5.93. The average molecular weight is 292 g/mol. The number of rotatable bonds is 2. The Labute approximate surface area is 130 Å². The molecule has 0 aromatic carbocycles. The van der Waals surface area contributed by atoms with E-state index in [0.717, 1.165) is 18.7 Å². The summed E-state index contributed by atoms with van der Waals surface area (Å²) in [6, 6.07) is 12.6. The lowest BCUT2D eigenvalue weighted by Gasteiger charge is -2.28. The summed E-state index contributed by atoms with van der Waals surface area (Å²) in [6.07, 6.45) is 7.72. The van der Waals surface area contributed by atoms with E-state index in [0.29, 0.717) is 0 Å². The normalized spacial score (nSPS) is 21.0. The van der Waals surface area contributed by atoms with Crippen molar-refractivity contribution in [2.45, 2.75) is 25.2 Å². The third-order valence-corrected chi connectivity index (χ3v) is 4.70. The minimum absolute atomic E-state index is 0.0859. The number of nitrogens with zero attached hydrogens (tertiary/aromatic N) is 1. The summed E-state index contributed by atoms with van der Waals surface area (Å²) in [5, 5.41) is 2.07. The zero-order chi connectivity index (χ0) is 14.9. The Kier molecular flexibility index (Phi) is 3.43. The van der Waals surface area contributed by atoms with Gasteiger partial charge in [-0.2, -0.15) is 0 Å². The van der Waals surface area contributed by atoms with Gasteiger partial charge < -0.3 is 0 Å². The molecule has 112 valence electrons. The molecule has 0 spiro atoms. The van der Waals surface area contributed by atoms with Crippen LogP contribution in [-0.2, 0) is 4.79 Å². The number of nitrogens with one attached hydrogen (secondary N) is 1. The fraction of sp³-hybridized carbons (Fsp3) is 0.316. The topological polar surface area (TPSA) is 32.3 Å².